The number of aryl methyl sites for hydroxylation is 1. The standard InChI is InChI=1S/C10H13F2N3O2/c1-15-3-2-7(14-15)5-13-6-8-4-10(11,12)9(16)17-8/h2-3,8,13H,4-6H2,1H3. The van der Waals surface area contributed by atoms with E-state index in [-0.39, 0.29) is 6.54 Å². The molecule has 1 fully saturated rings. The molecule has 1 unspecified atom stereocenters. The summed E-state index contributed by atoms with van der Waals surface area (Å²) in [5.41, 5.74) is 0.809. The monoisotopic (exact) mass is 245 g/mol. The molecule has 1 atom stereocenters. The highest BCUT2D eigenvalue weighted by Gasteiger charge is 2.50. The topological polar surface area (TPSA) is 56.2 Å². The van der Waals surface area contributed by atoms with E-state index in [0.29, 0.717) is 6.54 Å². The van der Waals surface area contributed by atoms with Crippen LogP contribution in [0, 0.1) is 0 Å². The van der Waals surface area contributed by atoms with Crippen LogP contribution in [0.4, 0.5) is 8.78 Å². The van der Waals surface area contributed by atoms with Gasteiger partial charge < -0.3 is 10.1 Å². The average Bonchev–Trinajstić information content (AvgIpc) is 2.73. The van der Waals surface area contributed by atoms with Crippen LogP contribution in [0.5, 0.6) is 0 Å². The van der Waals surface area contributed by atoms with Gasteiger partial charge in [0, 0.05) is 26.3 Å². The number of hydrogen-bond donors (Lipinski definition) is 1. The van der Waals surface area contributed by atoms with Gasteiger partial charge in [-0.3, -0.25) is 4.68 Å². The minimum atomic E-state index is -3.34. The largest absolute Gasteiger partial charge is 0.456 e. The number of carbonyl (C=O) groups is 1. The molecule has 17 heavy (non-hydrogen) atoms. The number of hydrogen-bond acceptors (Lipinski definition) is 4. The van der Waals surface area contributed by atoms with E-state index in [1.165, 1.54) is 0 Å². The van der Waals surface area contributed by atoms with Gasteiger partial charge in [0.25, 0.3) is 0 Å². The lowest BCUT2D eigenvalue weighted by molar-refractivity contribution is -0.159. The molecule has 0 spiro atoms. The first-order chi connectivity index (χ1) is 7.97. The molecule has 1 aliphatic rings. The third-order valence-corrected chi connectivity index (χ3v) is 2.50. The molecule has 0 bridgehead atoms. The van der Waals surface area contributed by atoms with Gasteiger partial charge in [0.05, 0.1) is 12.1 Å². The van der Waals surface area contributed by atoms with Crippen molar-refractivity contribution in [2.24, 2.45) is 7.05 Å². The Morgan fingerprint density at radius 3 is 3.00 bits per heavy atom. The number of rotatable bonds is 4. The highest BCUT2D eigenvalue weighted by Crippen LogP contribution is 2.30. The maximum absolute atomic E-state index is 12.8. The van der Waals surface area contributed by atoms with Gasteiger partial charge >= 0.3 is 11.9 Å². The second-order valence-corrected chi connectivity index (χ2v) is 4.05. The van der Waals surface area contributed by atoms with Crippen LogP contribution in [-0.2, 0) is 23.1 Å². The fourth-order valence-corrected chi connectivity index (χ4v) is 1.68. The molecule has 1 aromatic heterocycles. The molecule has 1 N–H and O–H groups in total. The number of alkyl halides is 2. The van der Waals surface area contributed by atoms with E-state index in [9.17, 15) is 13.6 Å². The highest BCUT2D eigenvalue weighted by atomic mass is 19.3. The normalized spacial score (nSPS) is 22.8. The number of aromatic nitrogens is 2. The molecule has 0 amide bonds. The fourth-order valence-electron chi connectivity index (χ4n) is 1.68. The Labute approximate surface area is 96.7 Å². The smallest absolute Gasteiger partial charge is 0.377 e. The molecule has 7 heteroatoms. The van der Waals surface area contributed by atoms with E-state index >= 15 is 0 Å². The number of nitrogens with zero attached hydrogens (tertiary/aromatic N) is 2. The Hall–Kier alpha value is -1.50. The summed E-state index contributed by atoms with van der Waals surface area (Å²) in [6.45, 7) is 0.665. The number of ether oxygens (including phenoxy) is 1. The maximum Gasteiger partial charge on any atom is 0.377 e. The third kappa shape index (κ3) is 2.79. The molecule has 0 saturated carbocycles. The first-order valence-corrected chi connectivity index (χ1v) is 5.25. The summed E-state index contributed by atoms with van der Waals surface area (Å²) in [6.07, 6.45) is 0.475. The molecule has 1 saturated heterocycles. The molecular formula is C10H13F2N3O2. The van der Waals surface area contributed by atoms with Crippen LogP contribution >= 0.6 is 0 Å². The lowest BCUT2D eigenvalue weighted by atomic mass is 10.2. The quantitative estimate of drug-likeness (QED) is 0.783. The third-order valence-electron chi connectivity index (χ3n) is 2.50. The van der Waals surface area contributed by atoms with Crippen LogP contribution in [0.3, 0.4) is 0 Å². The van der Waals surface area contributed by atoms with Gasteiger partial charge in [0.15, 0.2) is 0 Å². The number of nitrogens with one attached hydrogen (secondary N) is 1. The summed E-state index contributed by atoms with van der Waals surface area (Å²) >= 11 is 0. The van der Waals surface area contributed by atoms with Crippen LogP contribution in [0.1, 0.15) is 12.1 Å². The summed E-state index contributed by atoms with van der Waals surface area (Å²) in [6, 6.07) is 1.82. The van der Waals surface area contributed by atoms with Crippen molar-refractivity contribution < 1.29 is 18.3 Å². The Morgan fingerprint density at radius 2 is 2.47 bits per heavy atom. The van der Waals surface area contributed by atoms with Crippen molar-refractivity contribution in [2.45, 2.75) is 25.0 Å². The number of cyclic esters (lactones) is 1. The second-order valence-electron chi connectivity index (χ2n) is 4.05. The van der Waals surface area contributed by atoms with E-state index in [2.05, 4.69) is 15.2 Å². The van der Waals surface area contributed by atoms with Gasteiger partial charge in [-0.2, -0.15) is 13.9 Å². The lowest BCUT2D eigenvalue weighted by Gasteiger charge is -2.08. The lowest BCUT2D eigenvalue weighted by Crippen LogP contribution is -2.27. The second kappa shape index (κ2) is 4.40. The van der Waals surface area contributed by atoms with Gasteiger partial charge in [0.1, 0.15) is 6.10 Å². The SMILES string of the molecule is Cn1ccc(CNCC2CC(F)(F)C(=O)O2)n1. The predicted molar refractivity (Wildman–Crippen MR) is 54.4 cm³/mol. The van der Waals surface area contributed by atoms with Crippen molar-refractivity contribution in [3.05, 3.63) is 18.0 Å². The minimum absolute atomic E-state index is 0.206. The van der Waals surface area contributed by atoms with E-state index in [4.69, 9.17) is 0 Å². The number of esters is 1. The number of halogens is 2. The molecule has 0 radical (unpaired) electrons. The number of carbonyl (C=O) groups excluding carboxylic acids is 1. The zero-order chi connectivity index (χ0) is 12.5. The zero-order valence-corrected chi connectivity index (χ0v) is 9.32. The van der Waals surface area contributed by atoms with Crippen molar-refractivity contribution >= 4 is 5.97 Å². The van der Waals surface area contributed by atoms with Crippen molar-refractivity contribution in [3.63, 3.8) is 0 Å². The van der Waals surface area contributed by atoms with Gasteiger partial charge in [-0.15, -0.1) is 0 Å². The van der Waals surface area contributed by atoms with Crippen LogP contribution in [0.15, 0.2) is 12.3 Å². The summed E-state index contributed by atoms with van der Waals surface area (Å²) in [5, 5.41) is 7.05. The average molecular weight is 245 g/mol. The van der Waals surface area contributed by atoms with E-state index in [0.717, 1.165) is 5.69 Å². The van der Waals surface area contributed by atoms with E-state index in [1.807, 2.05) is 6.07 Å². The Bertz CT molecular complexity index is 419. The Balaban J connectivity index is 1.75. The molecule has 2 rings (SSSR count). The Kier molecular flexibility index (Phi) is 3.10. The zero-order valence-electron chi connectivity index (χ0n) is 9.32. The molecule has 1 aliphatic heterocycles. The van der Waals surface area contributed by atoms with Crippen molar-refractivity contribution in [1.82, 2.24) is 15.1 Å². The fraction of sp³-hybridized carbons (Fsp3) is 0.600. The molecular weight excluding hydrogens is 232 g/mol. The molecule has 5 nitrogen and oxygen atoms in total. The van der Waals surface area contributed by atoms with Crippen LogP contribution in [-0.4, -0.2) is 34.3 Å². The Morgan fingerprint density at radius 1 is 1.71 bits per heavy atom. The minimum Gasteiger partial charge on any atom is -0.456 e. The predicted octanol–water partition coefficient (Wildman–Crippen LogP) is 0.460. The van der Waals surface area contributed by atoms with E-state index in [1.54, 1.807) is 17.9 Å². The maximum atomic E-state index is 12.8. The summed E-state index contributed by atoms with van der Waals surface area (Å²) in [4.78, 5) is 10.7. The molecule has 2 heterocycles. The van der Waals surface area contributed by atoms with Crippen LogP contribution in [0.25, 0.3) is 0 Å². The molecule has 0 aliphatic carbocycles. The molecule has 0 aromatic carbocycles. The summed E-state index contributed by atoms with van der Waals surface area (Å²) < 4.78 is 31.8. The van der Waals surface area contributed by atoms with Crippen molar-refractivity contribution in [1.29, 1.82) is 0 Å². The first kappa shape index (κ1) is 12.0. The van der Waals surface area contributed by atoms with Crippen molar-refractivity contribution in [2.75, 3.05) is 6.54 Å². The molecule has 1 aromatic rings. The van der Waals surface area contributed by atoms with Gasteiger partial charge in [0.2, 0.25) is 0 Å². The molecule has 94 valence electrons. The van der Waals surface area contributed by atoms with Gasteiger partial charge in [-0.25, -0.2) is 4.79 Å². The van der Waals surface area contributed by atoms with Crippen molar-refractivity contribution in [3.8, 4) is 0 Å². The summed E-state index contributed by atoms with van der Waals surface area (Å²) in [5.74, 6) is -4.76. The van der Waals surface area contributed by atoms with Gasteiger partial charge in [-0.1, -0.05) is 0 Å². The highest BCUT2D eigenvalue weighted by molar-refractivity contribution is 5.79. The first-order valence-electron chi connectivity index (χ1n) is 5.25. The summed E-state index contributed by atoms with van der Waals surface area (Å²) in [7, 11) is 1.79. The van der Waals surface area contributed by atoms with Crippen LogP contribution < -0.4 is 5.32 Å². The van der Waals surface area contributed by atoms with E-state index < -0.39 is 24.4 Å². The van der Waals surface area contributed by atoms with Gasteiger partial charge in [-0.05, 0) is 6.07 Å². The van der Waals surface area contributed by atoms with Crippen LogP contribution in [0.2, 0.25) is 0 Å².